The SMILES string of the molecule is CC(C)(C)OP(=O)(OC(C)(C)C)C(=O)c1ccc(Br)cc1. The molecule has 0 radical (unpaired) electrons. The minimum Gasteiger partial charge on any atom is -0.297 e. The van der Waals surface area contributed by atoms with Crippen LogP contribution >= 0.6 is 23.5 Å². The zero-order valence-corrected chi connectivity index (χ0v) is 15.7. The Morgan fingerprint density at radius 1 is 0.952 bits per heavy atom. The number of hydrogen-bond donors (Lipinski definition) is 0. The molecule has 0 saturated heterocycles. The Hall–Kier alpha value is -0.480. The van der Waals surface area contributed by atoms with Gasteiger partial charge in [0, 0.05) is 10.0 Å². The number of rotatable bonds is 4. The zero-order valence-electron chi connectivity index (χ0n) is 13.3. The molecule has 0 atom stereocenters. The first-order valence-corrected chi connectivity index (χ1v) is 8.98. The molecule has 0 fully saturated rings. The Bertz CT molecular complexity index is 533. The highest BCUT2D eigenvalue weighted by Crippen LogP contribution is 2.56. The van der Waals surface area contributed by atoms with E-state index in [1.54, 1.807) is 65.8 Å². The van der Waals surface area contributed by atoms with Crippen LogP contribution in [0.15, 0.2) is 28.7 Å². The van der Waals surface area contributed by atoms with Gasteiger partial charge in [0.15, 0.2) is 0 Å². The summed E-state index contributed by atoms with van der Waals surface area (Å²) in [5, 5.41) is 0. The van der Waals surface area contributed by atoms with E-state index in [1.807, 2.05) is 0 Å². The molecule has 0 amide bonds. The number of benzene rings is 1. The standard InChI is InChI=1S/C15H22BrO4P/c1-14(2,3)19-21(18,20-15(4,5)6)13(17)11-7-9-12(16)10-8-11/h7-10H,1-6H3. The van der Waals surface area contributed by atoms with Gasteiger partial charge in [-0.15, -0.1) is 0 Å². The fourth-order valence-electron chi connectivity index (χ4n) is 1.57. The summed E-state index contributed by atoms with van der Waals surface area (Å²) >= 11 is 3.30. The monoisotopic (exact) mass is 376 g/mol. The molecule has 0 saturated carbocycles. The summed E-state index contributed by atoms with van der Waals surface area (Å²) in [6.07, 6.45) is 0. The summed E-state index contributed by atoms with van der Waals surface area (Å²) in [6.45, 7) is 10.4. The summed E-state index contributed by atoms with van der Waals surface area (Å²) in [4.78, 5) is 12.6. The lowest BCUT2D eigenvalue weighted by Crippen LogP contribution is -2.26. The van der Waals surface area contributed by atoms with Crippen molar-refractivity contribution in [3.8, 4) is 0 Å². The van der Waals surface area contributed by atoms with Crippen molar-refractivity contribution in [3.05, 3.63) is 34.3 Å². The maximum absolute atomic E-state index is 13.0. The van der Waals surface area contributed by atoms with Crippen molar-refractivity contribution >= 4 is 29.1 Å². The van der Waals surface area contributed by atoms with Crippen LogP contribution in [0.4, 0.5) is 0 Å². The van der Waals surface area contributed by atoms with Gasteiger partial charge in [-0.2, -0.15) is 0 Å². The quantitative estimate of drug-likeness (QED) is 0.658. The molecule has 6 heteroatoms. The zero-order chi connectivity index (χ0) is 16.5. The van der Waals surface area contributed by atoms with E-state index in [9.17, 15) is 9.36 Å². The Labute approximate surface area is 134 Å². The molecule has 0 N–H and O–H groups in total. The number of halogens is 1. The van der Waals surface area contributed by atoms with Crippen molar-refractivity contribution in [1.29, 1.82) is 0 Å². The topological polar surface area (TPSA) is 52.6 Å². The van der Waals surface area contributed by atoms with Gasteiger partial charge in [-0.05, 0) is 65.8 Å². The van der Waals surface area contributed by atoms with Crippen LogP contribution in [0.25, 0.3) is 0 Å². The molecule has 0 aliphatic rings. The first-order valence-electron chi connectivity index (χ1n) is 6.64. The predicted molar refractivity (Wildman–Crippen MR) is 87.8 cm³/mol. The van der Waals surface area contributed by atoms with Crippen LogP contribution in [-0.2, 0) is 13.6 Å². The van der Waals surface area contributed by atoms with Crippen LogP contribution < -0.4 is 0 Å². The summed E-state index contributed by atoms with van der Waals surface area (Å²) in [7, 11) is -3.94. The third-order valence-corrected chi connectivity index (χ3v) is 4.99. The molecule has 118 valence electrons. The molecule has 0 aliphatic heterocycles. The highest BCUT2D eigenvalue weighted by molar-refractivity contribution is 9.10. The Morgan fingerprint density at radius 2 is 1.33 bits per heavy atom. The molecule has 0 unspecified atom stereocenters. The summed E-state index contributed by atoms with van der Waals surface area (Å²) in [5.41, 5.74) is -1.84. The minimum absolute atomic E-state index is 0.301. The van der Waals surface area contributed by atoms with Gasteiger partial charge < -0.3 is 0 Å². The average molecular weight is 377 g/mol. The van der Waals surface area contributed by atoms with E-state index in [4.69, 9.17) is 9.05 Å². The van der Waals surface area contributed by atoms with Crippen molar-refractivity contribution in [2.75, 3.05) is 0 Å². The van der Waals surface area contributed by atoms with Gasteiger partial charge in [0.1, 0.15) is 0 Å². The maximum atomic E-state index is 13.0. The van der Waals surface area contributed by atoms with Crippen molar-refractivity contribution in [2.24, 2.45) is 0 Å². The number of carbonyl (C=O) groups is 1. The largest absolute Gasteiger partial charge is 0.402 e. The third-order valence-electron chi connectivity index (χ3n) is 2.13. The van der Waals surface area contributed by atoms with Crippen LogP contribution in [0.1, 0.15) is 51.9 Å². The lowest BCUT2D eigenvalue weighted by molar-refractivity contribution is 0.0447. The average Bonchev–Trinajstić information content (AvgIpc) is 2.23. The molecule has 1 aromatic rings. The van der Waals surface area contributed by atoms with Crippen LogP contribution in [-0.4, -0.2) is 16.7 Å². The van der Waals surface area contributed by atoms with Gasteiger partial charge >= 0.3 is 7.60 Å². The highest BCUT2D eigenvalue weighted by Gasteiger charge is 2.42. The first kappa shape index (κ1) is 18.6. The lowest BCUT2D eigenvalue weighted by Gasteiger charge is -2.30. The van der Waals surface area contributed by atoms with Gasteiger partial charge in [-0.1, -0.05) is 15.9 Å². The number of carbonyl (C=O) groups excluding carboxylic acids is 1. The van der Waals surface area contributed by atoms with Crippen LogP contribution in [0.3, 0.4) is 0 Å². The van der Waals surface area contributed by atoms with E-state index in [0.29, 0.717) is 5.56 Å². The van der Waals surface area contributed by atoms with Crippen LogP contribution in [0.2, 0.25) is 0 Å². The predicted octanol–water partition coefficient (Wildman–Crippen LogP) is 5.41. The van der Waals surface area contributed by atoms with Crippen molar-refractivity contribution in [3.63, 3.8) is 0 Å². The van der Waals surface area contributed by atoms with E-state index in [1.165, 1.54) is 0 Å². The second kappa shape index (κ2) is 6.33. The van der Waals surface area contributed by atoms with Crippen LogP contribution in [0, 0.1) is 0 Å². The Morgan fingerprint density at radius 3 is 1.67 bits per heavy atom. The van der Waals surface area contributed by atoms with Crippen molar-refractivity contribution in [1.82, 2.24) is 0 Å². The minimum atomic E-state index is -3.94. The van der Waals surface area contributed by atoms with Crippen LogP contribution in [0.5, 0.6) is 0 Å². The highest BCUT2D eigenvalue weighted by atomic mass is 79.9. The number of hydrogen-bond acceptors (Lipinski definition) is 4. The van der Waals surface area contributed by atoms with Crippen molar-refractivity contribution in [2.45, 2.75) is 52.7 Å². The third kappa shape index (κ3) is 6.03. The Balaban J connectivity index is 3.20. The Kier molecular flexibility index (Phi) is 5.60. The first-order chi connectivity index (χ1) is 9.32. The fourth-order valence-corrected chi connectivity index (χ4v) is 3.95. The lowest BCUT2D eigenvalue weighted by atomic mass is 10.2. The normalized spacial score (nSPS) is 13.3. The molecule has 0 bridgehead atoms. The maximum Gasteiger partial charge on any atom is 0.402 e. The van der Waals surface area contributed by atoms with E-state index in [0.717, 1.165) is 4.47 Å². The van der Waals surface area contributed by atoms with E-state index in [2.05, 4.69) is 15.9 Å². The van der Waals surface area contributed by atoms with Gasteiger partial charge in [0.25, 0.3) is 5.52 Å². The molecule has 1 aromatic carbocycles. The van der Waals surface area contributed by atoms with Gasteiger partial charge in [-0.25, -0.2) is 0 Å². The molecular weight excluding hydrogens is 355 g/mol. The van der Waals surface area contributed by atoms with Gasteiger partial charge in [0.05, 0.1) is 11.2 Å². The molecule has 0 aliphatic carbocycles. The summed E-state index contributed by atoms with van der Waals surface area (Å²) in [5.74, 6) is 0. The van der Waals surface area contributed by atoms with E-state index >= 15 is 0 Å². The fraction of sp³-hybridized carbons (Fsp3) is 0.533. The summed E-state index contributed by atoms with van der Waals surface area (Å²) < 4.78 is 24.9. The molecule has 4 nitrogen and oxygen atoms in total. The smallest absolute Gasteiger partial charge is 0.297 e. The van der Waals surface area contributed by atoms with Gasteiger partial charge in [0.2, 0.25) is 0 Å². The van der Waals surface area contributed by atoms with E-state index < -0.39 is 24.3 Å². The molecule has 0 heterocycles. The second-order valence-electron chi connectivity index (χ2n) is 6.72. The molecule has 21 heavy (non-hydrogen) atoms. The molecular formula is C15H22BrO4P. The molecule has 0 aromatic heterocycles. The second-order valence-corrected chi connectivity index (χ2v) is 9.40. The van der Waals surface area contributed by atoms with Gasteiger partial charge in [-0.3, -0.25) is 18.4 Å². The summed E-state index contributed by atoms with van der Waals surface area (Å²) in [6, 6.07) is 6.62. The molecule has 0 spiro atoms. The van der Waals surface area contributed by atoms with Crippen molar-refractivity contribution < 1.29 is 18.4 Å². The molecule has 1 rings (SSSR count). The van der Waals surface area contributed by atoms with E-state index in [-0.39, 0.29) is 0 Å².